The molecular formula is C13H21N3O4. The highest BCUT2D eigenvalue weighted by Gasteiger charge is 2.31. The van der Waals surface area contributed by atoms with Crippen LogP contribution in [0.5, 0.6) is 0 Å². The number of carbonyl (C=O) groups excluding carboxylic acids is 3. The SMILES string of the molecule is NC(=O)O[C@H]1CCCCN(CC(=O)N2CCCC2)C1=O. The first kappa shape index (κ1) is 14.6. The fourth-order valence-electron chi connectivity index (χ4n) is 2.71. The van der Waals surface area contributed by atoms with Crippen molar-refractivity contribution < 1.29 is 19.1 Å². The highest BCUT2D eigenvalue weighted by molar-refractivity contribution is 5.88. The maximum Gasteiger partial charge on any atom is 0.405 e. The van der Waals surface area contributed by atoms with Crippen LogP contribution in [-0.4, -0.2) is 60.0 Å². The van der Waals surface area contributed by atoms with Crippen molar-refractivity contribution in [2.75, 3.05) is 26.2 Å². The number of hydrogen-bond acceptors (Lipinski definition) is 4. The van der Waals surface area contributed by atoms with Crippen LogP contribution >= 0.6 is 0 Å². The van der Waals surface area contributed by atoms with Gasteiger partial charge in [-0.2, -0.15) is 0 Å². The molecule has 0 aromatic carbocycles. The summed E-state index contributed by atoms with van der Waals surface area (Å²) in [4.78, 5) is 38.4. The summed E-state index contributed by atoms with van der Waals surface area (Å²) in [6, 6.07) is 0. The van der Waals surface area contributed by atoms with Gasteiger partial charge in [-0.15, -0.1) is 0 Å². The number of ether oxygens (including phenoxy) is 1. The quantitative estimate of drug-likeness (QED) is 0.794. The number of primary amides is 1. The van der Waals surface area contributed by atoms with Crippen LogP contribution in [-0.2, 0) is 14.3 Å². The van der Waals surface area contributed by atoms with Crippen molar-refractivity contribution in [3.05, 3.63) is 0 Å². The number of nitrogens with zero attached hydrogens (tertiary/aromatic N) is 2. The number of carbonyl (C=O) groups is 3. The fraction of sp³-hybridized carbons (Fsp3) is 0.769. The average Bonchev–Trinajstić information content (AvgIpc) is 2.88. The van der Waals surface area contributed by atoms with Gasteiger partial charge in [-0.25, -0.2) is 4.79 Å². The smallest absolute Gasteiger partial charge is 0.405 e. The van der Waals surface area contributed by atoms with Crippen molar-refractivity contribution >= 4 is 17.9 Å². The molecule has 2 aliphatic heterocycles. The average molecular weight is 283 g/mol. The molecule has 20 heavy (non-hydrogen) atoms. The molecule has 2 rings (SSSR count). The first-order chi connectivity index (χ1) is 9.58. The summed E-state index contributed by atoms with van der Waals surface area (Å²) < 4.78 is 4.84. The molecule has 0 saturated carbocycles. The van der Waals surface area contributed by atoms with Crippen molar-refractivity contribution in [2.24, 2.45) is 5.73 Å². The van der Waals surface area contributed by atoms with Gasteiger partial charge in [0, 0.05) is 19.6 Å². The van der Waals surface area contributed by atoms with E-state index in [1.165, 1.54) is 4.90 Å². The summed E-state index contributed by atoms with van der Waals surface area (Å²) in [6.45, 7) is 2.12. The van der Waals surface area contributed by atoms with Crippen LogP contribution in [0.1, 0.15) is 32.1 Å². The number of rotatable bonds is 3. The van der Waals surface area contributed by atoms with Gasteiger partial charge in [-0.1, -0.05) is 0 Å². The molecule has 2 N–H and O–H groups in total. The molecule has 0 spiro atoms. The molecule has 0 aliphatic carbocycles. The lowest BCUT2D eigenvalue weighted by molar-refractivity contribution is -0.144. The molecule has 1 atom stereocenters. The molecule has 0 unspecified atom stereocenters. The molecule has 3 amide bonds. The molecule has 2 fully saturated rings. The number of likely N-dealkylation sites (tertiary alicyclic amines) is 2. The van der Waals surface area contributed by atoms with E-state index < -0.39 is 12.2 Å². The maximum absolute atomic E-state index is 12.3. The second kappa shape index (κ2) is 6.58. The van der Waals surface area contributed by atoms with Gasteiger partial charge >= 0.3 is 6.09 Å². The Morgan fingerprint density at radius 1 is 1.15 bits per heavy atom. The van der Waals surface area contributed by atoms with Gasteiger partial charge in [0.25, 0.3) is 5.91 Å². The number of hydrogen-bond donors (Lipinski definition) is 1. The van der Waals surface area contributed by atoms with Crippen molar-refractivity contribution in [3.8, 4) is 0 Å². The van der Waals surface area contributed by atoms with E-state index in [-0.39, 0.29) is 18.4 Å². The molecule has 7 nitrogen and oxygen atoms in total. The van der Waals surface area contributed by atoms with E-state index in [1.54, 1.807) is 4.90 Å². The van der Waals surface area contributed by atoms with Crippen LogP contribution in [0, 0.1) is 0 Å². The normalized spacial score (nSPS) is 23.6. The Kier molecular flexibility index (Phi) is 4.81. The van der Waals surface area contributed by atoms with E-state index in [0.717, 1.165) is 38.8 Å². The van der Waals surface area contributed by atoms with Crippen LogP contribution in [0.25, 0.3) is 0 Å². The fourth-order valence-corrected chi connectivity index (χ4v) is 2.71. The molecule has 0 radical (unpaired) electrons. The highest BCUT2D eigenvalue weighted by atomic mass is 16.6. The molecule has 0 bridgehead atoms. The van der Waals surface area contributed by atoms with E-state index in [9.17, 15) is 14.4 Å². The van der Waals surface area contributed by atoms with Crippen LogP contribution in [0.4, 0.5) is 4.79 Å². The third kappa shape index (κ3) is 3.61. The topological polar surface area (TPSA) is 92.9 Å². The molecule has 2 saturated heterocycles. The van der Waals surface area contributed by atoms with E-state index in [1.807, 2.05) is 0 Å². The Morgan fingerprint density at radius 2 is 1.80 bits per heavy atom. The summed E-state index contributed by atoms with van der Waals surface area (Å²) in [5.74, 6) is -0.343. The zero-order valence-electron chi connectivity index (χ0n) is 11.5. The summed E-state index contributed by atoms with van der Waals surface area (Å²) >= 11 is 0. The standard InChI is InChI=1S/C13H21N3O4/c14-13(19)20-10-5-1-2-8-16(12(10)18)9-11(17)15-6-3-4-7-15/h10H,1-9H2,(H2,14,19)/t10-/m0/s1. The Morgan fingerprint density at radius 3 is 2.45 bits per heavy atom. The van der Waals surface area contributed by atoms with Gasteiger partial charge in [0.2, 0.25) is 5.91 Å². The summed E-state index contributed by atoms with van der Waals surface area (Å²) in [6.07, 6.45) is 2.30. The Hall–Kier alpha value is -1.79. The van der Waals surface area contributed by atoms with Crippen molar-refractivity contribution in [1.82, 2.24) is 9.80 Å². The molecule has 2 aliphatic rings. The van der Waals surface area contributed by atoms with Gasteiger partial charge in [0.05, 0.1) is 6.54 Å². The van der Waals surface area contributed by atoms with Crippen molar-refractivity contribution in [1.29, 1.82) is 0 Å². The van der Waals surface area contributed by atoms with Crippen LogP contribution in [0.15, 0.2) is 0 Å². The molecule has 0 aromatic heterocycles. The maximum atomic E-state index is 12.3. The first-order valence-corrected chi connectivity index (χ1v) is 7.10. The van der Waals surface area contributed by atoms with Crippen LogP contribution < -0.4 is 5.73 Å². The number of nitrogens with two attached hydrogens (primary N) is 1. The van der Waals surface area contributed by atoms with E-state index in [4.69, 9.17) is 10.5 Å². The molecule has 7 heteroatoms. The summed E-state index contributed by atoms with van der Waals surface area (Å²) in [5.41, 5.74) is 4.98. The predicted octanol–water partition coefficient (Wildman–Crippen LogP) is 0.0852. The predicted molar refractivity (Wildman–Crippen MR) is 70.7 cm³/mol. The number of amides is 3. The summed E-state index contributed by atoms with van der Waals surface area (Å²) in [7, 11) is 0. The molecule has 2 heterocycles. The zero-order chi connectivity index (χ0) is 14.5. The van der Waals surface area contributed by atoms with Gasteiger partial charge in [-0.05, 0) is 32.1 Å². The lowest BCUT2D eigenvalue weighted by Gasteiger charge is -2.25. The molecule has 0 aromatic rings. The van der Waals surface area contributed by atoms with E-state index in [2.05, 4.69) is 0 Å². The minimum Gasteiger partial charge on any atom is -0.436 e. The lowest BCUT2D eigenvalue weighted by atomic mass is 10.2. The second-order valence-corrected chi connectivity index (χ2v) is 5.27. The largest absolute Gasteiger partial charge is 0.436 e. The minimum atomic E-state index is -0.948. The van der Waals surface area contributed by atoms with Gasteiger partial charge in [0.15, 0.2) is 6.10 Å². The van der Waals surface area contributed by atoms with Gasteiger partial charge in [0.1, 0.15) is 0 Å². The minimum absolute atomic E-state index is 0.0319. The Balaban J connectivity index is 1.95. The Labute approximate surface area is 118 Å². The van der Waals surface area contributed by atoms with E-state index >= 15 is 0 Å². The molecule has 112 valence electrons. The van der Waals surface area contributed by atoms with Crippen LogP contribution in [0.3, 0.4) is 0 Å². The third-order valence-corrected chi connectivity index (χ3v) is 3.77. The van der Waals surface area contributed by atoms with Crippen LogP contribution in [0.2, 0.25) is 0 Å². The second-order valence-electron chi connectivity index (χ2n) is 5.27. The monoisotopic (exact) mass is 283 g/mol. The highest BCUT2D eigenvalue weighted by Crippen LogP contribution is 2.16. The first-order valence-electron chi connectivity index (χ1n) is 7.10. The summed E-state index contributed by atoms with van der Waals surface area (Å²) in [5, 5.41) is 0. The van der Waals surface area contributed by atoms with E-state index in [0.29, 0.717) is 13.0 Å². The Bertz CT molecular complexity index is 393. The zero-order valence-corrected chi connectivity index (χ0v) is 11.5. The van der Waals surface area contributed by atoms with Gasteiger partial charge in [-0.3, -0.25) is 9.59 Å². The molecular weight excluding hydrogens is 262 g/mol. The van der Waals surface area contributed by atoms with Crippen molar-refractivity contribution in [3.63, 3.8) is 0 Å². The third-order valence-electron chi connectivity index (χ3n) is 3.77. The van der Waals surface area contributed by atoms with Crippen molar-refractivity contribution in [2.45, 2.75) is 38.2 Å². The van der Waals surface area contributed by atoms with Gasteiger partial charge < -0.3 is 20.3 Å². The lowest BCUT2D eigenvalue weighted by Crippen LogP contribution is -2.46.